The molecule has 1 atom stereocenters. The molecule has 15 heavy (non-hydrogen) atoms. The van der Waals surface area contributed by atoms with Gasteiger partial charge < -0.3 is 10.1 Å². The van der Waals surface area contributed by atoms with Gasteiger partial charge in [0, 0.05) is 18.1 Å². The van der Waals surface area contributed by atoms with Crippen LogP contribution in [0.2, 0.25) is 0 Å². The molecular weight excluding hydrogens is 214 g/mol. The summed E-state index contributed by atoms with van der Waals surface area (Å²) in [7, 11) is 3.10. The van der Waals surface area contributed by atoms with E-state index in [-0.39, 0.29) is 12.0 Å². The van der Waals surface area contributed by atoms with Crippen LogP contribution in [-0.4, -0.2) is 41.9 Å². The summed E-state index contributed by atoms with van der Waals surface area (Å²) in [4.78, 5) is 19.3. The number of methoxy groups -OCH3 is 1. The maximum atomic E-state index is 11.2. The number of nitrogens with zero attached hydrogens (tertiary/aromatic N) is 2. The number of ether oxygens (including phenoxy) is 1. The van der Waals surface area contributed by atoms with Crippen molar-refractivity contribution in [3.05, 3.63) is 18.6 Å². The number of carbonyl (C=O) groups excluding carboxylic acids is 1. The van der Waals surface area contributed by atoms with Gasteiger partial charge in [-0.3, -0.25) is 9.78 Å². The van der Waals surface area contributed by atoms with Crippen LogP contribution in [0, 0.1) is 0 Å². The van der Waals surface area contributed by atoms with Crippen molar-refractivity contribution in [1.82, 2.24) is 15.3 Å². The van der Waals surface area contributed by atoms with E-state index in [9.17, 15) is 4.79 Å². The SMILES string of the molecule is CNC(CSc1cnccn1)C(=O)OC. The van der Waals surface area contributed by atoms with Crippen molar-refractivity contribution in [3.63, 3.8) is 0 Å². The summed E-state index contributed by atoms with van der Waals surface area (Å²) in [5, 5.41) is 3.67. The highest BCUT2D eigenvalue weighted by atomic mass is 32.2. The van der Waals surface area contributed by atoms with Crippen molar-refractivity contribution < 1.29 is 9.53 Å². The molecule has 1 heterocycles. The molecule has 0 aromatic carbocycles. The molecule has 0 aliphatic carbocycles. The van der Waals surface area contributed by atoms with Crippen LogP contribution in [0.3, 0.4) is 0 Å². The summed E-state index contributed by atoms with van der Waals surface area (Å²) < 4.78 is 4.64. The molecule has 0 saturated carbocycles. The lowest BCUT2D eigenvalue weighted by atomic mass is 10.3. The van der Waals surface area contributed by atoms with Crippen LogP contribution >= 0.6 is 11.8 Å². The zero-order valence-corrected chi connectivity index (χ0v) is 9.45. The van der Waals surface area contributed by atoms with Gasteiger partial charge in [0.25, 0.3) is 0 Å². The second-order valence-corrected chi connectivity index (χ2v) is 3.76. The van der Waals surface area contributed by atoms with Crippen molar-refractivity contribution >= 4 is 17.7 Å². The van der Waals surface area contributed by atoms with Gasteiger partial charge in [0.15, 0.2) is 0 Å². The van der Waals surface area contributed by atoms with Crippen LogP contribution in [-0.2, 0) is 9.53 Å². The molecule has 0 fully saturated rings. The van der Waals surface area contributed by atoms with Crippen molar-refractivity contribution in [3.8, 4) is 0 Å². The van der Waals surface area contributed by atoms with E-state index in [0.29, 0.717) is 5.75 Å². The maximum Gasteiger partial charge on any atom is 0.323 e. The first-order chi connectivity index (χ1) is 7.27. The molecule has 1 aromatic heterocycles. The van der Waals surface area contributed by atoms with E-state index in [0.717, 1.165) is 5.03 Å². The molecule has 1 rings (SSSR count). The highest BCUT2D eigenvalue weighted by Gasteiger charge is 2.16. The number of esters is 1. The molecule has 0 aliphatic rings. The zero-order chi connectivity index (χ0) is 11.1. The van der Waals surface area contributed by atoms with Crippen LogP contribution < -0.4 is 5.32 Å². The topological polar surface area (TPSA) is 64.1 Å². The van der Waals surface area contributed by atoms with E-state index in [1.54, 1.807) is 25.6 Å². The van der Waals surface area contributed by atoms with Gasteiger partial charge in [0.2, 0.25) is 0 Å². The average Bonchev–Trinajstić information content (AvgIpc) is 2.31. The summed E-state index contributed by atoms with van der Waals surface area (Å²) in [6, 6.07) is -0.318. The van der Waals surface area contributed by atoms with Gasteiger partial charge in [-0.1, -0.05) is 0 Å². The number of thioether (sulfide) groups is 1. The van der Waals surface area contributed by atoms with Gasteiger partial charge in [-0.15, -0.1) is 11.8 Å². The van der Waals surface area contributed by atoms with Gasteiger partial charge in [0.1, 0.15) is 11.1 Å². The molecule has 1 unspecified atom stereocenters. The minimum Gasteiger partial charge on any atom is -0.468 e. The Morgan fingerprint density at radius 3 is 3.00 bits per heavy atom. The molecule has 1 aromatic rings. The largest absolute Gasteiger partial charge is 0.468 e. The van der Waals surface area contributed by atoms with Crippen LogP contribution in [0.15, 0.2) is 23.6 Å². The molecule has 5 nitrogen and oxygen atoms in total. The Kier molecular flexibility index (Phi) is 5.06. The van der Waals surface area contributed by atoms with Crippen LogP contribution in [0.4, 0.5) is 0 Å². The standard InChI is InChI=1S/C9H13N3O2S/c1-10-7(9(13)14-2)6-15-8-5-11-3-4-12-8/h3-5,7,10H,6H2,1-2H3. The summed E-state index contributed by atoms with van der Waals surface area (Å²) in [5.41, 5.74) is 0. The molecule has 0 radical (unpaired) electrons. The zero-order valence-electron chi connectivity index (χ0n) is 8.64. The van der Waals surface area contributed by atoms with Crippen LogP contribution in [0.1, 0.15) is 0 Å². The van der Waals surface area contributed by atoms with Gasteiger partial charge in [0.05, 0.1) is 13.3 Å². The minimum atomic E-state index is -0.318. The maximum absolute atomic E-state index is 11.2. The number of likely N-dealkylation sites (N-methyl/N-ethyl adjacent to an activating group) is 1. The van der Waals surface area contributed by atoms with E-state index in [1.807, 2.05) is 0 Å². The fourth-order valence-corrected chi connectivity index (χ4v) is 1.85. The Morgan fingerprint density at radius 1 is 1.67 bits per heavy atom. The predicted octanol–water partition coefficient (Wildman–Crippen LogP) is 0.330. The van der Waals surface area contributed by atoms with E-state index in [1.165, 1.54) is 18.9 Å². The monoisotopic (exact) mass is 227 g/mol. The first-order valence-corrected chi connectivity index (χ1v) is 5.40. The van der Waals surface area contributed by atoms with Crippen LogP contribution in [0.5, 0.6) is 0 Å². The fourth-order valence-electron chi connectivity index (χ4n) is 0.940. The summed E-state index contributed by atoms with van der Waals surface area (Å²) in [6.45, 7) is 0. The Morgan fingerprint density at radius 2 is 2.47 bits per heavy atom. The Bertz CT molecular complexity index is 307. The molecule has 0 aliphatic heterocycles. The lowest BCUT2D eigenvalue weighted by Gasteiger charge is -2.12. The van der Waals surface area contributed by atoms with Gasteiger partial charge in [-0.25, -0.2) is 4.98 Å². The molecule has 1 N–H and O–H groups in total. The van der Waals surface area contributed by atoms with Gasteiger partial charge in [-0.2, -0.15) is 0 Å². The number of carbonyl (C=O) groups is 1. The van der Waals surface area contributed by atoms with E-state index >= 15 is 0 Å². The van der Waals surface area contributed by atoms with Crippen molar-refractivity contribution in [2.75, 3.05) is 19.9 Å². The summed E-state index contributed by atoms with van der Waals surface area (Å²) >= 11 is 1.46. The lowest BCUT2D eigenvalue weighted by Crippen LogP contribution is -2.37. The number of aromatic nitrogens is 2. The second-order valence-electron chi connectivity index (χ2n) is 2.72. The molecule has 82 valence electrons. The van der Waals surface area contributed by atoms with Crippen molar-refractivity contribution in [1.29, 1.82) is 0 Å². The molecular formula is C9H13N3O2S. The lowest BCUT2D eigenvalue weighted by molar-refractivity contribution is -0.142. The highest BCUT2D eigenvalue weighted by Crippen LogP contribution is 2.14. The fraction of sp³-hybridized carbons (Fsp3) is 0.444. The third kappa shape index (κ3) is 3.85. The van der Waals surface area contributed by atoms with Crippen molar-refractivity contribution in [2.24, 2.45) is 0 Å². The number of rotatable bonds is 5. The van der Waals surface area contributed by atoms with Gasteiger partial charge >= 0.3 is 5.97 Å². The second kappa shape index (κ2) is 6.36. The van der Waals surface area contributed by atoms with E-state index in [2.05, 4.69) is 20.0 Å². The number of hydrogen-bond acceptors (Lipinski definition) is 6. The molecule has 0 saturated heterocycles. The normalized spacial score (nSPS) is 12.1. The molecule has 0 spiro atoms. The molecule has 0 amide bonds. The molecule has 6 heteroatoms. The predicted molar refractivity (Wildman–Crippen MR) is 57.6 cm³/mol. The smallest absolute Gasteiger partial charge is 0.323 e. The van der Waals surface area contributed by atoms with Crippen molar-refractivity contribution in [2.45, 2.75) is 11.1 Å². The van der Waals surface area contributed by atoms with Crippen LogP contribution in [0.25, 0.3) is 0 Å². The van der Waals surface area contributed by atoms with E-state index < -0.39 is 0 Å². The molecule has 0 bridgehead atoms. The Balaban J connectivity index is 2.44. The summed E-state index contributed by atoms with van der Waals surface area (Å²) in [5.74, 6) is 0.302. The minimum absolute atomic E-state index is 0.270. The quantitative estimate of drug-likeness (QED) is 0.577. The third-order valence-electron chi connectivity index (χ3n) is 1.77. The average molecular weight is 227 g/mol. The van der Waals surface area contributed by atoms with Gasteiger partial charge in [-0.05, 0) is 7.05 Å². The highest BCUT2D eigenvalue weighted by molar-refractivity contribution is 7.99. The van der Waals surface area contributed by atoms with E-state index in [4.69, 9.17) is 0 Å². The Hall–Kier alpha value is -1.14. The Labute approximate surface area is 92.6 Å². The number of hydrogen-bond donors (Lipinski definition) is 1. The first-order valence-electron chi connectivity index (χ1n) is 4.42. The first kappa shape index (κ1) is 11.9. The summed E-state index contributed by atoms with van der Waals surface area (Å²) in [6.07, 6.45) is 4.89. The number of nitrogens with one attached hydrogen (secondary N) is 1. The third-order valence-corrected chi connectivity index (χ3v) is 2.78.